The molecule has 0 radical (unpaired) electrons. The summed E-state index contributed by atoms with van der Waals surface area (Å²) in [7, 11) is 0. The Morgan fingerprint density at radius 1 is 1.37 bits per heavy atom. The van der Waals surface area contributed by atoms with E-state index in [0.29, 0.717) is 5.92 Å². The standard InChI is InChI=1S/C15H21NO3/c1-2-14(15(17)18)11-3-5-12(6-4-11)19-13-7-9-16-10-8-13/h7-12,14H,2-6H2,1H3,(H,17,18)/t11-,12+,14?. The zero-order valence-corrected chi connectivity index (χ0v) is 11.3. The van der Waals surface area contributed by atoms with Crippen LogP contribution in [0.15, 0.2) is 24.5 Å². The second kappa shape index (κ2) is 6.55. The zero-order chi connectivity index (χ0) is 13.7. The van der Waals surface area contributed by atoms with Gasteiger partial charge < -0.3 is 9.84 Å². The van der Waals surface area contributed by atoms with Gasteiger partial charge in [-0.15, -0.1) is 0 Å². The first kappa shape index (κ1) is 13.8. The highest BCUT2D eigenvalue weighted by molar-refractivity contribution is 5.70. The molecule has 104 valence electrons. The molecule has 0 amide bonds. The van der Waals surface area contributed by atoms with E-state index in [1.165, 1.54) is 0 Å². The molecule has 1 saturated carbocycles. The van der Waals surface area contributed by atoms with Crippen LogP contribution in [-0.4, -0.2) is 22.2 Å². The van der Waals surface area contributed by atoms with Gasteiger partial charge in [-0.3, -0.25) is 9.78 Å². The van der Waals surface area contributed by atoms with E-state index in [2.05, 4.69) is 4.98 Å². The number of nitrogens with zero attached hydrogens (tertiary/aromatic N) is 1. The Hall–Kier alpha value is -1.58. The molecule has 1 aliphatic carbocycles. The molecule has 1 aromatic heterocycles. The molecule has 0 spiro atoms. The van der Waals surface area contributed by atoms with E-state index < -0.39 is 5.97 Å². The van der Waals surface area contributed by atoms with Crippen molar-refractivity contribution in [1.29, 1.82) is 0 Å². The van der Waals surface area contributed by atoms with Crippen molar-refractivity contribution in [2.24, 2.45) is 11.8 Å². The van der Waals surface area contributed by atoms with Gasteiger partial charge in [-0.25, -0.2) is 0 Å². The van der Waals surface area contributed by atoms with Crippen LogP contribution in [0.1, 0.15) is 39.0 Å². The zero-order valence-electron chi connectivity index (χ0n) is 11.3. The number of ether oxygens (including phenoxy) is 1. The van der Waals surface area contributed by atoms with Crippen LogP contribution in [0.4, 0.5) is 0 Å². The molecule has 1 aromatic rings. The number of rotatable bonds is 5. The first-order valence-corrected chi connectivity index (χ1v) is 7.00. The summed E-state index contributed by atoms with van der Waals surface area (Å²) in [6, 6.07) is 3.72. The highest BCUT2D eigenvalue weighted by atomic mass is 16.5. The molecule has 1 heterocycles. The van der Waals surface area contributed by atoms with Crippen LogP contribution in [0.25, 0.3) is 0 Å². The molecule has 0 bridgehead atoms. The van der Waals surface area contributed by atoms with Crippen molar-refractivity contribution in [3.05, 3.63) is 24.5 Å². The molecule has 1 unspecified atom stereocenters. The molecule has 0 saturated heterocycles. The fourth-order valence-electron chi connectivity index (χ4n) is 2.93. The highest BCUT2D eigenvalue weighted by Crippen LogP contribution is 2.33. The molecule has 1 fully saturated rings. The summed E-state index contributed by atoms with van der Waals surface area (Å²) in [4.78, 5) is 15.1. The first-order valence-electron chi connectivity index (χ1n) is 7.00. The monoisotopic (exact) mass is 263 g/mol. The first-order chi connectivity index (χ1) is 9.20. The number of pyridine rings is 1. The fraction of sp³-hybridized carbons (Fsp3) is 0.600. The van der Waals surface area contributed by atoms with E-state index in [9.17, 15) is 9.90 Å². The lowest BCUT2D eigenvalue weighted by Gasteiger charge is -2.31. The van der Waals surface area contributed by atoms with Gasteiger partial charge in [0.25, 0.3) is 0 Å². The second-order valence-corrected chi connectivity index (χ2v) is 5.19. The lowest BCUT2D eigenvalue weighted by Crippen LogP contribution is -2.31. The van der Waals surface area contributed by atoms with Gasteiger partial charge >= 0.3 is 5.97 Å². The second-order valence-electron chi connectivity index (χ2n) is 5.19. The smallest absolute Gasteiger partial charge is 0.306 e. The maximum Gasteiger partial charge on any atom is 0.306 e. The van der Waals surface area contributed by atoms with Crippen LogP contribution in [-0.2, 0) is 4.79 Å². The van der Waals surface area contributed by atoms with Crippen LogP contribution in [0.2, 0.25) is 0 Å². The average molecular weight is 263 g/mol. The Morgan fingerprint density at radius 3 is 2.53 bits per heavy atom. The van der Waals surface area contributed by atoms with Crippen molar-refractivity contribution in [2.45, 2.75) is 45.1 Å². The molecule has 1 aliphatic rings. The van der Waals surface area contributed by atoms with E-state index in [-0.39, 0.29) is 12.0 Å². The van der Waals surface area contributed by atoms with Crippen LogP contribution >= 0.6 is 0 Å². The summed E-state index contributed by atoms with van der Waals surface area (Å²) in [5, 5.41) is 9.19. The van der Waals surface area contributed by atoms with Crippen molar-refractivity contribution < 1.29 is 14.6 Å². The van der Waals surface area contributed by atoms with Gasteiger partial charge in [-0.1, -0.05) is 6.92 Å². The number of carbonyl (C=O) groups is 1. The van der Waals surface area contributed by atoms with Gasteiger partial charge in [0.05, 0.1) is 12.0 Å². The Bertz CT molecular complexity index is 399. The molecule has 1 atom stereocenters. The Kier molecular flexibility index (Phi) is 4.77. The summed E-state index contributed by atoms with van der Waals surface area (Å²) in [6.45, 7) is 1.96. The normalized spacial score (nSPS) is 24.7. The fourth-order valence-corrected chi connectivity index (χ4v) is 2.93. The van der Waals surface area contributed by atoms with E-state index in [1.807, 2.05) is 19.1 Å². The molecule has 4 heteroatoms. The summed E-state index contributed by atoms with van der Waals surface area (Å²) >= 11 is 0. The molecule has 2 rings (SSSR count). The largest absolute Gasteiger partial charge is 0.490 e. The molecule has 4 nitrogen and oxygen atoms in total. The summed E-state index contributed by atoms with van der Waals surface area (Å²) in [5.74, 6) is 0.311. The van der Waals surface area contributed by atoms with E-state index in [4.69, 9.17) is 4.74 Å². The van der Waals surface area contributed by atoms with Gasteiger partial charge in [-0.2, -0.15) is 0 Å². The minimum atomic E-state index is -0.652. The van der Waals surface area contributed by atoms with Crippen molar-refractivity contribution in [3.8, 4) is 5.75 Å². The summed E-state index contributed by atoms with van der Waals surface area (Å²) in [6.07, 6.45) is 8.15. The Balaban J connectivity index is 1.84. The van der Waals surface area contributed by atoms with Crippen LogP contribution in [0, 0.1) is 11.8 Å². The molecular formula is C15H21NO3. The summed E-state index contributed by atoms with van der Waals surface area (Å²) < 4.78 is 5.89. The quantitative estimate of drug-likeness (QED) is 0.886. The third kappa shape index (κ3) is 3.69. The minimum Gasteiger partial charge on any atom is -0.490 e. The highest BCUT2D eigenvalue weighted by Gasteiger charge is 2.31. The van der Waals surface area contributed by atoms with Crippen LogP contribution < -0.4 is 4.74 Å². The topological polar surface area (TPSA) is 59.4 Å². The SMILES string of the molecule is CCC(C(=O)O)[C@H]1CC[C@@H](Oc2ccncc2)CC1. The number of carboxylic acids is 1. The number of carboxylic acid groups (broad SMARTS) is 1. The minimum absolute atomic E-state index is 0.193. The summed E-state index contributed by atoms with van der Waals surface area (Å²) in [5.41, 5.74) is 0. The molecule has 1 N–H and O–H groups in total. The van der Waals surface area contributed by atoms with E-state index in [0.717, 1.165) is 37.9 Å². The van der Waals surface area contributed by atoms with E-state index in [1.54, 1.807) is 12.4 Å². The maximum atomic E-state index is 11.2. The van der Waals surface area contributed by atoms with Gasteiger partial charge in [0, 0.05) is 12.4 Å². The lowest BCUT2D eigenvalue weighted by molar-refractivity contribution is -0.144. The molecule has 19 heavy (non-hydrogen) atoms. The van der Waals surface area contributed by atoms with Gasteiger partial charge in [0.15, 0.2) is 0 Å². The molecule has 0 aliphatic heterocycles. The van der Waals surface area contributed by atoms with Crippen molar-refractivity contribution in [1.82, 2.24) is 4.98 Å². The van der Waals surface area contributed by atoms with Crippen LogP contribution in [0.5, 0.6) is 5.75 Å². The predicted molar refractivity (Wildman–Crippen MR) is 72.0 cm³/mol. The number of hydrogen-bond donors (Lipinski definition) is 1. The number of aromatic nitrogens is 1. The third-order valence-electron chi connectivity index (χ3n) is 4.00. The van der Waals surface area contributed by atoms with Crippen molar-refractivity contribution in [3.63, 3.8) is 0 Å². The average Bonchev–Trinajstić information content (AvgIpc) is 2.42. The van der Waals surface area contributed by atoms with Crippen molar-refractivity contribution in [2.75, 3.05) is 0 Å². The predicted octanol–water partition coefficient (Wildman–Crippen LogP) is 3.13. The Labute approximate surface area is 113 Å². The molecular weight excluding hydrogens is 242 g/mol. The Morgan fingerprint density at radius 2 is 2.00 bits per heavy atom. The molecule has 0 aromatic carbocycles. The van der Waals surface area contributed by atoms with Gasteiger partial charge in [-0.05, 0) is 50.2 Å². The van der Waals surface area contributed by atoms with Crippen molar-refractivity contribution >= 4 is 5.97 Å². The van der Waals surface area contributed by atoms with Gasteiger partial charge in [0.1, 0.15) is 5.75 Å². The van der Waals surface area contributed by atoms with Crippen LogP contribution in [0.3, 0.4) is 0 Å². The van der Waals surface area contributed by atoms with Gasteiger partial charge in [0.2, 0.25) is 0 Å². The number of aliphatic carboxylic acids is 1. The van der Waals surface area contributed by atoms with E-state index >= 15 is 0 Å². The lowest BCUT2D eigenvalue weighted by atomic mass is 9.78. The third-order valence-corrected chi connectivity index (χ3v) is 4.00. The number of hydrogen-bond acceptors (Lipinski definition) is 3. The maximum absolute atomic E-state index is 11.2.